The molecule has 0 atom stereocenters. The second-order valence-corrected chi connectivity index (χ2v) is 5.67. The summed E-state index contributed by atoms with van der Waals surface area (Å²) in [6.07, 6.45) is 0. The van der Waals surface area contributed by atoms with Crippen LogP contribution < -0.4 is 10.5 Å². The summed E-state index contributed by atoms with van der Waals surface area (Å²) in [5, 5.41) is 7.28. The zero-order valence-corrected chi connectivity index (χ0v) is 13.4. The Balaban J connectivity index is 2.15. The highest BCUT2D eigenvalue weighted by atomic mass is 79.9. The van der Waals surface area contributed by atoms with Gasteiger partial charge in [-0.2, -0.15) is 0 Å². The van der Waals surface area contributed by atoms with Crippen LogP contribution in [0.4, 0.5) is 4.39 Å². The van der Waals surface area contributed by atoms with Crippen molar-refractivity contribution in [2.24, 2.45) is 5.73 Å². The highest BCUT2D eigenvalue weighted by molar-refractivity contribution is 9.10. The third kappa shape index (κ3) is 3.61. The standard InChI is InChI=1S/C16H16BrFN2O/c1-9-5-13(6-10(2)15(9)17)21-8-12-4-3-11(16(19)20)7-14(12)18/h3-7H,8H2,1-2H3,(H3,19,20). The maximum absolute atomic E-state index is 13.9. The molecule has 0 bridgehead atoms. The molecule has 0 unspecified atom stereocenters. The number of hydrogen-bond acceptors (Lipinski definition) is 2. The van der Waals surface area contributed by atoms with Crippen molar-refractivity contribution in [3.05, 3.63) is 62.9 Å². The summed E-state index contributed by atoms with van der Waals surface area (Å²) in [5.74, 6) is 0.122. The van der Waals surface area contributed by atoms with Crippen LogP contribution in [0.15, 0.2) is 34.8 Å². The number of nitrogens with two attached hydrogens (primary N) is 1. The zero-order chi connectivity index (χ0) is 15.6. The third-order valence-electron chi connectivity index (χ3n) is 3.17. The lowest BCUT2D eigenvalue weighted by Crippen LogP contribution is -2.12. The van der Waals surface area contributed by atoms with Crippen molar-refractivity contribution in [2.75, 3.05) is 0 Å². The number of rotatable bonds is 4. The molecule has 2 aromatic rings. The van der Waals surface area contributed by atoms with E-state index in [1.54, 1.807) is 12.1 Å². The number of hydrogen-bond donors (Lipinski definition) is 2. The van der Waals surface area contributed by atoms with Crippen LogP contribution in [0.25, 0.3) is 0 Å². The molecule has 2 aromatic carbocycles. The van der Waals surface area contributed by atoms with E-state index in [0.717, 1.165) is 15.6 Å². The van der Waals surface area contributed by atoms with Gasteiger partial charge < -0.3 is 10.5 Å². The van der Waals surface area contributed by atoms with Crippen LogP contribution in [0, 0.1) is 25.1 Å². The normalized spacial score (nSPS) is 10.5. The van der Waals surface area contributed by atoms with Crippen molar-refractivity contribution in [1.29, 1.82) is 5.41 Å². The van der Waals surface area contributed by atoms with Gasteiger partial charge in [0, 0.05) is 15.6 Å². The second kappa shape index (κ2) is 6.26. The first kappa shape index (κ1) is 15.5. The Bertz CT molecular complexity index is 678. The Morgan fingerprint density at radius 2 is 1.86 bits per heavy atom. The number of nitrogens with one attached hydrogen (secondary N) is 1. The topological polar surface area (TPSA) is 59.1 Å². The fourth-order valence-electron chi connectivity index (χ4n) is 1.98. The predicted octanol–water partition coefficient (Wildman–Crippen LogP) is 4.07. The minimum Gasteiger partial charge on any atom is -0.489 e. The summed E-state index contributed by atoms with van der Waals surface area (Å²) in [6, 6.07) is 8.25. The van der Waals surface area contributed by atoms with E-state index in [4.69, 9.17) is 15.9 Å². The first-order valence-electron chi connectivity index (χ1n) is 6.41. The molecule has 21 heavy (non-hydrogen) atoms. The Kier molecular flexibility index (Phi) is 4.63. The average Bonchev–Trinajstić information content (AvgIpc) is 2.43. The molecule has 0 heterocycles. The summed E-state index contributed by atoms with van der Waals surface area (Å²) in [5.41, 5.74) is 8.26. The van der Waals surface area contributed by atoms with Crippen LogP contribution in [0.1, 0.15) is 22.3 Å². The molecule has 0 spiro atoms. The minimum atomic E-state index is -0.423. The van der Waals surface area contributed by atoms with Gasteiger partial charge in [0.05, 0.1) is 0 Å². The molecule has 110 valence electrons. The van der Waals surface area contributed by atoms with E-state index < -0.39 is 5.82 Å². The van der Waals surface area contributed by atoms with Gasteiger partial charge in [0.1, 0.15) is 24.0 Å². The molecule has 2 rings (SSSR count). The number of amidine groups is 1. The Morgan fingerprint density at radius 3 is 2.38 bits per heavy atom. The number of benzene rings is 2. The van der Waals surface area contributed by atoms with Crippen molar-refractivity contribution in [2.45, 2.75) is 20.5 Å². The monoisotopic (exact) mass is 350 g/mol. The van der Waals surface area contributed by atoms with Gasteiger partial charge in [-0.25, -0.2) is 4.39 Å². The molecule has 0 fully saturated rings. The molecule has 0 saturated heterocycles. The van der Waals surface area contributed by atoms with Gasteiger partial charge >= 0.3 is 0 Å². The SMILES string of the molecule is Cc1cc(OCc2ccc(C(=N)N)cc2F)cc(C)c1Br. The molecule has 5 heteroatoms. The van der Waals surface area contributed by atoms with Crippen molar-refractivity contribution >= 4 is 21.8 Å². The quantitative estimate of drug-likeness (QED) is 0.644. The fourth-order valence-corrected chi connectivity index (χ4v) is 2.21. The largest absolute Gasteiger partial charge is 0.489 e. The van der Waals surface area contributed by atoms with Crippen molar-refractivity contribution < 1.29 is 9.13 Å². The number of ether oxygens (including phenoxy) is 1. The van der Waals surface area contributed by atoms with E-state index in [1.807, 2.05) is 26.0 Å². The lowest BCUT2D eigenvalue weighted by Gasteiger charge is -2.11. The predicted molar refractivity (Wildman–Crippen MR) is 85.4 cm³/mol. The third-order valence-corrected chi connectivity index (χ3v) is 4.42. The maximum Gasteiger partial charge on any atom is 0.130 e. The molecule has 0 aliphatic carbocycles. The molecule has 3 nitrogen and oxygen atoms in total. The van der Waals surface area contributed by atoms with Crippen LogP contribution in [0.5, 0.6) is 5.75 Å². The Morgan fingerprint density at radius 1 is 1.24 bits per heavy atom. The molecule has 0 aliphatic heterocycles. The van der Waals surface area contributed by atoms with E-state index in [2.05, 4.69) is 15.9 Å². The summed E-state index contributed by atoms with van der Waals surface area (Å²) in [7, 11) is 0. The van der Waals surface area contributed by atoms with Crippen LogP contribution in [-0.4, -0.2) is 5.84 Å². The van der Waals surface area contributed by atoms with Gasteiger partial charge in [-0.15, -0.1) is 0 Å². The van der Waals surface area contributed by atoms with Gasteiger partial charge in [0.2, 0.25) is 0 Å². The lowest BCUT2D eigenvalue weighted by molar-refractivity contribution is 0.299. The van der Waals surface area contributed by atoms with Gasteiger partial charge in [-0.3, -0.25) is 5.41 Å². The molecule has 0 saturated carbocycles. The summed E-state index contributed by atoms with van der Waals surface area (Å²) in [4.78, 5) is 0. The van der Waals surface area contributed by atoms with E-state index >= 15 is 0 Å². The molecule has 0 amide bonds. The van der Waals surface area contributed by atoms with Gasteiger partial charge in [0.15, 0.2) is 0 Å². The smallest absolute Gasteiger partial charge is 0.130 e. The summed E-state index contributed by atoms with van der Waals surface area (Å²) < 4.78 is 20.6. The lowest BCUT2D eigenvalue weighted by atomic mass is 10.1. The molecular weight excluding hydrogens is 335 g/mol. The highest BCUT2D eigenvalue weighted by Crippen LogP contribution is 2.27. The fraction of sp³-hybridized carbons (Fsp3) is 0.188. The Labute approximate surface area is 131 Å². The summed E-state index contributed by atoms with van der Waals surface area (Å²) in [6.45, 7) is 4.09. The van der Waals surface area contributed by atoms with Crippen LogP contribution >= 0.6 is 15.9 Å². The summed E-state index contributed by atoms with van der Waals surface area (Å²) >= 11 is 3.49. The molecule has 3 N–H and O–H groups in total. The molecule has 0 aliphatic rings. The van der Waals surface area contributed by atoms with Crippen molar-refractivity contribution in [3.63, 3.8) is 0 Å². The van der Waals surface area contributed by atoms with Gasteiger partial charge in [-0.1, -0.05) is 28.1 Å². The van der Waals surface area contributed by atoms with Crippen LogP contribution in [0.2, 0.25) is 0 Å². The first-order valence-corrected chi connectivity index (χ1v) is 7.20. The second-order valence-electron chi connectivity index (χ2n) is 4.88. The number of nitrogen functional groups attached to an aromatic ring is 1. The number of aryl methyl sites for hydroxylation is 2. The van der Waals surface area contributed by atoms with Crippen LogP contribution in [-0.2, 0) is 6.61 Å². The molecule has 0 radical (unpaired) electrons. The number of halogens is 2. The van der Waals surface area contributed by atoms with Crippen LogP contribution in [0.3, 0.4) is 0 Å². The molecule has 0 aromatic heterocycles. The zero-order valence-electron chi connectivity index (χ0n) is 11.8. The Hall–Kier alpha value is -1.88. The molecular formula is C16H16BrFN2O. The first-order chi connectivity index (χ1) is 9.88. The van der Waals surface area contributed by atoms with E-state index in [-0.39, 0.29) is 12.4 Å². The maximum atomic E-state index is 13.9. The average molecular weight is 351 g/mol. The van der Waals surface area contributed by atoms with Gasteiger partial charge in [0.25, 0.3) is 0 Å². The highest BCUT2D eigenvalue weighted by Gasteiger charge is 2.08. The van der Waals surface area contributed by atoms with Crippen molar-refractivity contribution in [1.82, 2.24) is 0 Å². The van der Waals surface area contributed by atoms with Crippen molar-refractivity contribution in [3.8, 4) is 5.75 Å². The van der Waals surface area contributed by atoms with E-state index in [0.29, 0.717) is 16.9 Å². The van der Waals surface area contributed by atoms with Gasteiger partial charge in [-0.05, 0) is 43.2 Å². The minimum absolute atomic E-state index is 0.129. The van der Waals surface area contributed by atoms with E-state index in [9.17, 15) is 4.39 Å². The van der Waals surface area contributed by atoms with E-state index in [1.165, 1.54) is 6.07 Å².